The number of aromatic nitrogens is 2. The highest BCUT2D eigenvalue weighted by molar-refractivity contribution is 6.06. The molecular formula is C17H12N6O3. The monoisotopic (exact) mass is 348 g/mol. The van der Waals surface area contributed by atoms with Gasteiger partial charge >= 0.3 is 0 Å². The number of anilines is 2. The van der Waals surface area contributed by atoms with Crippen molar-refractivity contribution in [3.05, 3.63) is 70.7 Å². The number of amides is 1. The molecule has 0 fully saturated rings. The van der Waals surface area contributed by atoms with Gasteiger partial charge in [-0.15, -0.1) is 0 Å². The molecule has 0 aliphatic heterocycles. The summed E-state index contributed by atoms with van der Waals surface area (Å²) < 4.78 is 0. The SMILES string of the molecule is N#C/C(=C/Nc1ccc2nc[nH]c2c1)C(=O)Nc1ccc([N+](=O)[O-])cc1. The summed E-state index contributed by atoms with van der Waals surface area (Å²) in [6, 6.07) is 12.5. The number of carbonyl (C=O) groups is 1. The molecule has 0 saturated carbocycles. The Labute approximate surface area is 147 Å². The molecule has 3 N–H and O–H groups in total. The van der Waals surface area contributed by atoms with Crippen molar-refractivity contribution >= 4 is 34.0 Å². The van der Waals surface area contributed by atoms with Crippen molar-refractivity contribution in [3.63, 3.8) is 0 Å². The van der Waals surface area contributed by atoms with Gasteiger partial charge in [-0.3, -0.25) is 14.9 Å². The molecule has 0 bridgehead atoms. The lowest BCUT2D eigenvalue weighted by Crippen LogP contribution is -2.14. The molecule has 3 rings (SSSR count). The Kier molecular flexibility index (Phi) is 4.58. The quantitative estimate of drug-likeness (QED) is 0.280. The predicted octanol–water partition coefficient (Wildman–Crippen LogP) is 2.93. The number of benzene rings is 2. The number of hydrogen-bond acceptors (Lipinski definition) is 6. The fourth-order valence-electron chi connectivity index (χ4n) is 2.19. The van der Waals surface area contributed by atoms with Crippen LogP contribution in [-0.2, 0) is 4.79 Å². The maximum absolute atomic E-state index is 12.2. The number of nitro benzene ring substituents is 1. The van der Waals surface area contributed by atoms with E-state index in [-0.39, 0.29) is 11.3 Å². The Morgan fingerprint density at radius 3 is 2.65 bits per heavy atom. The zero-order valence-corrected chi connectivity index (χ0v) is 13.3. The molecule has 0 unspecified atom stereocenters. The van der Waals surface area contributed by atoms with Gasteiger partial charge in [-0.1, -0.05) is 0 Å². The standard InChI is InChI=1S/C17H12N6O3/c18-8-11(9-19-13-3-6-15-16(7-13)21-10-20-15)17(24)22-12-1-4-14(5-2-12)23(25)26/h1-7,9-10,19H,(H,20,21)(H,22,24)/b11-9-. The zero-order valence-electron chi connectivity index (χ0n) is 13.3. The third-order valence-corrected chi connectivity index (χ3v) is 3.50. The van der Waals surface area contributed by atoms with Crippen LogP contribution in [0.2, 0.25) is 0 Å². The van der Waals surface area contributed by atoms with Crippen molar-refractivity contribution in [1.29, 1.82) is 5.26 Å². The van der Waals surface area contributed by atoms with E-state index in [0.717, 1.165) is 11.0 Å². The molecule has 0 saturated heterocycles. The van der Waals surface area contributed by atoms with Crippen LogP contribution >= 0.6 is 0 Å². The largest absolute Gasteiger partial charge is 0.360 e. The van der Waals surface area contributed by atoms with Crippen LogP contribution < -0.4 is 10.6 Å². The van der Waals surface area contributed by atoms with Crippen LogP contribution in [-0.4, -0.2) is 20.8 Å². The average Bonchev–Trinajstić information content (AvgIpc) is 3.10. The van der Waals surface area contributed by atoms with Crippen molar-refractivity contribution < 1.29 is 9.72 Å². The fourth-order valence-corrected chi connectivity index (χ4v) is 2.19. The molecule has 9 heteroatoms. The number of non-ortho nitro benzene ring substituents is 1. The minimum Gasteiger partial charge on any atom is -0.360 e. The molecule has 1 aromatic heterocycles. The number of rotatable bonds is 5. The summed E-state index contributed by atoms with van der Waals surface area (Å²) >= 11 is 0. The van der Waals surface area contributed by atoms with Gasteiger partial charge in [0.25, 0.3) is 11.6 Å². The van der Waals surface area contributed by atoms with Crippen molar-refractivity contribution in [1.82, 2.24) is 9.97 Å². The summed E-state index contributed by atoms with van der Waals surface area (Å²) in [7, 11) is 0. The molecule has 0 aliphatic carbocycles. The summed E-state index contributed by atoms with van der Waals surface area (Å²) in [5.74, 6) is -0.628. The first kappa shape index (κ1) is 16.7. The highest BCUT2D eigenvalue weighted by atomic mass is 16.6. The van der Waals surface area contributed by atoms with Crippen LogP contribution in [0.25, 0.3) is 11.0 Å². The number of aromatic amines is 1. The van der Waals surface area contributed by atoms with E-state index < -0.39 is 10.8 Å². The van der Waals surface area contributed by atoms with Crippen LogP contribution in [0.1, 0.15) is 0 Å². The number of carbonyl (C=O) groups excluding carboxylic acids is 1. The topological polar surface area (TPSA) is 137 Å². The highest BCUT2D eigenvalue weighted by Crippen LogP contribution is 2.17. The number of nitro groups is 1. The Hall–Kier alpha value is -4.19. The minimum absolute atomic E-state index is 0.0880. The van der Waals surface area contributed by atoms with E-state index in [1.54, 1.807) is 24.5 Å². The van der Waals surface area contributed by atoms with E-state index in [1.165, 1.54) is 30.5 Å². The Balaban J connectivity index is 1.70. The first-order valence-corrected chi connectivity index (χ1v) is 7.42. The van der Waals surface area contributed by atoms with Crippen molar-refractivity contribution in [2.45, 2.75) is 0 Å². The van der Waals surface area contributed by atoms with Crippen LogP contribution in [0.4, 0.5) is 17.1 Å². The molecule has 2 aromatic carbocycles. The van der Waals surface area contributed by atoms with Gasteiger partial charge in [0, 0.05) is 29.7 Å². The summed E-state index contributed by atoms with van der Waals surface area (Å²) in [6.45, 7) is 0. The molecule has 26 heavy (non-hydrogen) atoms. The lowest BCUT2D eigenvalue weighted by molar-refractivity contribution is -0.384. The van der Waals surface area contributed by atoms with E-state index in [0.29, 0.717) is 11.4 Å². The molecule has 0 aliphatic rings. The number of imidazole rings is 1. The minimum atomic E-state index is -0.628. The highest BCUT2D eigenvalue weighted by Gasteiger charge is 2.11. The second-order valence-corrected chi connectivity index (χ2v) is 5.21. The van der Waals surface area contributed by atoms with Gasteiger partial charge in [0.2, 0.25) is 0 Å². The maximum Gasteiger partial charge on any atom is 0.269 e. The van der Waals surface area contributed by atoms with Gasteiger partial charge in [-0.05, 0) is 30.3 Å². The molecule has 1 heterocycles. The molecule has 128 valence electrons. The predicted molar refractivity (Wildman–Crippen MR) is 95.1 cm³/mol. The summed E-state index contributed by atoms with van der Waals surface area (Å²) in [4.78, 5) is 29.3. The lowest BCUT2D eigenvalue weighted by atomic mass is 10.2. The van der Waals surface area contributed by atoms with Crippen LogP contribution in [0.3, 0.4) is 0 Å². The van der Waals surface area contributed by atoms with E-state index in [9.17, 15) is 20.2 Å². The van der Waals surface area contributed by atoms with Crippen LogP contribution in [0, 0.1) is 21.4 Å². The number of nitrogens with one attached hydrogen (secondary N) is 3. The summed E-state index contributed by atoms with van der Waals surface area (Å²) in [5, 5.41) is 25.2. The Morgan fingerprint density at radius 1 is 1.23 bits per heavy atom. The lowest BCUT2D eigenvalue weighted by Gasteiger charge is -2.05. The fraction of sp³-hybridized carbons (Fsp3) is 0. The number of nitrogens with zero attached hydrogens (tertiary/aromatic N) is 3. The van der Waals surface area contributed by atoms with E-state index in [2.05, 4.69) is 20.6 Å². The summed E-state index contributed by atoms with van der Waals surface area (Å²) in [5.41, 5.74) is 2.41. The zero-order chi connectivity index (χ0) is 18.5. The van der Waals surface area contributed by atoms with Gasteiger partial charge < -0.3 is 15.6 Å². The van der Waals surface area contributed by atoms with Gasteiger partial charge in [-0.2, -0.15) is 5.26 Å². The summed E-state index contributed by atoms with van der Waals surface area (Å²) in [6.07, 6.45) is 2.86. The second-order valence-electron chi connectivity index (χ2n) is 5.21. The van der Waals surface area contributed by atoms with Crippen molar-refractivity contribution in [2.75, 3.05) is 10.6 Å². The first-order chi connectivity index (χ1) is 12.6. The van der Waals surface area contributed by atoms with E-state index in [4.69, 9.17) is 0 Å². The van der Waals surface area contributed by atoms with Gasteiger partial charge in [0.05, 0.1) is 22.3 Å². The van der Waals surface area contributed by atoms with Crippen molar-refractivity contribution in [3.8, 4) is 6.07 Å². The third-order valence-electron chi connectivity index (χ3n) is 3.50. The molecule has 0 atom stereocenters. The van der Waals surface area contributed by atoms with Crippen molar-refractivity contribution in [2.24, 2.45) is 0 Å². The average molecular weight is 348 g/mol. The number of H-pyrrole nitrogens is 1. The van der Waals surface area contributed by atoms with Crippen LogP contribution in [0.15, 0.2) is 60.6 Å². The number of hydrogen-bond donors (Lipinski definition) is 3. The van der Waals surface area contributed by atoms with E-state index in [1.807, 2.05) is 6.07 Å². The first-order valence-electron chi connectivity index (χ1n) is 7.42. The molecule has 0 spiro atoms. The number of fused-ring (bicyclic) bond motifs is 1. The number of nitriles is 1. The molecule has 9 nitrogen and oxygen atoms in total. The van der Waals surface area contributed by atoms with Gasteiger partial charge in [0.1, 0.15) is 11.6 Å². The molecule has 0 radical (unpaired) electrons. The third kappa shape index (κ3) is 3.65. The van der Waals surface area contributed by atoms with Crippen LogP contribution in [0.5, 0.6) is 0 Å². The smallest absolute Gasteiger partial charge is 0.269 e. The molecular weight excluding hydrogens is 336 g/mol. The second kappa shape index (κ2) is 7.14. The Bertz CT molecular complexity index is 1050. The Morgan fingerprint density at radius 2 is 1.96 bits per heavy atom. The molecule has 1 amide bonds. The maximum atomic E-state index is 12.2. The van der Waals surface area contributed by atoms with Gasteiger partial charge in [0.15, 0.2) is 0 Å². The normalized spacial score (nSPS) is 11.0. The van der Waals surface area contributed by atoms with E-state index >= 15 is 0 Å². The van der Waals surface area contributed by atoms with Gasteiger partial charge in [-0.25, -0.2) is 4.98 Å². The molecule has 3 aromatic rings.